The van der Waals surface area contributed by atoms with Gasteiger partial charge in [0.1, 0.15) is 0 Å². The zero-order valence-electron chi connectivity index (χ0n) is 14.3. The molecule has 0 heterocycles. The lowest BCUT2D eigenvalue weighted by molar-refractivity contribution is -0.296. The predicted octanol–water partition coefficient (Wildman–Crippen LogP) is 5.57. The van der Waals surface area contributed by atoms with E-state index < -0.39 is 17.7 Å². The summed E-state index contributed by atoms with van der Waals surface area (Å²) in [5.41, 5.74) is -2.82. The molecule has 21 heavy (non-hydrogen) atoms. The van der Waals surface area contributed by atoms with Crippen molar-refractivity contribution in [2.24, 2.45) is 22.7 Å². The van der Waals surface area contributed by atoms with E-state index in [0.29, 0.717) is 19.3 Å². The summed E-state index contributed by atoms with van der Waals surface area (Å²) in [5, 5.41) is 10.5. The lowest BCUT2D eigenvalue weighted by atomic mass is 9.62. The van der Waals surface area contributed by atoms with Gasteiger partial charge in [-0.1, -0.05) is 48.0 Å². The number of rotatable bonds is 4. The zero-order valence-corrected chi connectivity index (χ0v) is 14.3. The summed E-state index contributed by atoms with van der Waals surface area (Å²) in [6.45, 7) is 12.0. The normalized spacial score (nSPS) is 22.6. The van der Waals surface area contributed by atoms with Crippen LogP contribution in [0.2, 0.25) is 0 Å². The lowest BCUT2D eigenvalue weighted by Crippen LogP contribution is -2.55. The molecule has 1 N–H and O–H groups in total. The monoisotopic (exact) mass is 308 g/mol. The average molecular weight is 308 g/mol. The van der Waals surface area contributed by atoms with E-state index in [2.05, 4.69) is 0 Å². The predicted molar refractivity (Wildman–Crippen MR) is 80.0 cm³/mol. The van der Waals surface area contributed by atoms with Gasteiger partial charge < -0.3 is 5.11 Å². The molecule has 1 nitrogen and oxygen atoms in total. The maximum absolute atomic E-state index is 13.5. The SMILES string of the molecule is CC(C)(C)CC(CC(O)(C1CCC1)C(F)(F)F)C(C)(C)C. The maximum atomic E-state index is 13.5. The van der Waals surface area contributed by atoms with Gasteiger partial charge in [-0.2, -0.15) is 13.2 Å². The van der Waals surface area contributed by atoms with Crippen LogP contribution in [0.3, 0.4) is 0 Å². The van der Waals surface area contributed by atoms with Crippen LogP contribution in [0.4, 0.5) is 13.2 Å². The second-order valence-corrected chi connectivity index (χ2v) is 9.08. The van der Waals surface area contributed by atoms with Crippen LogP contribution in [-0.4, -0.2) is 16.9 Å². The zero-order chi connectivity index (χ0) is 16.7. The van der Waals surface area contributed by atoms with Gasteiger partial charge in [0.25, 0.3) is 0 Å². The van der Waals surface area contributed by atoms with Crippen molar-refractivity contribution in [2.75, 3.05) is 0 Å². The summed E-state index contributed by atoms with van der Waals surface area (Å²) in [4.78, 5) is 0. The van der Waals surface area contributed by atoms with Crippen LogP contribution >= 0.6 is 0 Å². The Morgan fingerprint density at radius 1 is 0.952 bits per heavy atom. The third kappa shape index (κ3) is 4.61. The molecule has 0 aliphatic heterocycles. The second-order valence-electron chi connectivity index (χ2n) is 9.08. The van der Waals surface area contributed by atoms with Crippen LogP contribution in [0.15, 0.2) is 0 Å². The Hall–Kier alpha value is -0.250. The molecule has 0 spiro atoms. The van der Waals surface area contributed by atoms with E-state index in [4.69, 9.17) is 0 Å². The average Bonchev–Trinajstić information content (AvgIpc) is 2.07. The summed E-state index contributed by atoms with van der Waals surface area (Å²) in [7, 11) is 0. The van der Waals surface area contributed by atoms with Gasteiger partial charge in [0.15, 0.2) is 5.60 Å². The molecular weight excluding hydrogens is 277 g/mol. The van der Waals surface area contributed by atoms with Gasteiger partial charge in [0.05, 0.1) is 0 Å². The molecule has 0 aromatic carbocycles. The smallest absolute Gasteiger partial charge is 0.380 e. The Kier molecular flexibility index (Phi) is 5.15. The quantitative estimate of drug-likeness (QED) is 0.720. The van der Waals surface area contributed by atoms with Gasteiger partial charge in [-0.15, -0.1) is 0 Å². The summed E-state index contributed by atoms with van der Waals surface area (Å²) >= 11 is 0. The van der Waals surface area contributed by atoms with E-state index >= 15 is 0 Å². The molecule has 1 fully saturated rings. The molecule has 2 atom stereocenters. The van der Waals surface area contributed by atoms with Gasteiger partial charge in [0.2, 0.25) is 0 Å². The van der Waals surface area contributed by atoms with Crippen LogP contribution in [0.5, 0.6) is 0 Å². The fraction of sp³-hybridized carbons (Fsp3) is 1.00. The van der Waals surface area contributed by atoms with Gasteiger partial charge in [-0.05, 0) is 48.3 Å². The van der Waals surface area contributed by atoms with Gasteiger partial charge in [-0.25, -0.2) is 0 Å². The summed E-state index contributed by atoms with van der Waals surface area (Å²) < 4.78 is 40.5. The molecule has 0 amide bonds. The largest absolute Gasteiger partial charge is 0.417 e. The number of halogens is 3. The van der Waals surface area contributed by atoms with Crippen molar-refractivity contribution in [2.45, 2.75) is 85.4 Å². The summed E-state index contributed by atoms with van der Waals surface area (Å²) in [6, 6.07) is 0. The summed E-state index contributed by atoms with van der Waals surface area (Å²) in [5.74, 6) is -0.785. The van der Waals surface area contributed by atoms with Crippen molar-refractivity contribution in [1.82, 2.24) is 0 Å². The number of aliphatic hydroxyl groups is 1. The molecule has 1 rings (SSSR count). The van der Waals surface area contributed by atoms with Gasteiger partial charge in [-0.3, -0.25) is 0 Å². The fourth-order valence-electron chi connectivity index (χ4n) is 3.20. The van der Waals surface area contributed by atoms with Crippen molar-refractivity contribution in [3.63, 3.8) is 0 Å². The van der Waals surface area contributed by atoms with Gasteiger partial charge in [0, 0.05) is 0 Å². The first-order valence-electron chi connectivity index (χ1n) is 7.96. The highest BCUT2D eigenvalue weighted by atomic mass is 19.4. The lowest BCUT2D eigenvalue weighted by Gasteiger charge is -2.47. The molecule has 0 bridgehead atoms. The molecule has 4 heteroatoms. The highest BCUT2D eigenvalue weighted by Crippen LogP contribution is 2.52. The van der Waals surface area contributed by atoms with Crippen LogP contribution in [0.1, 0.15) is 73.6 Å². The van der Waals surface area contributed by atoms with E-state index in [1.54, 1.807) is 0 Å². The number of alkyl halides is 3. The first kappa shape index (κ1) is 18.8. The maximum Gasteiger partial charge on any atom is 0.417 e. The fourth-order valence-corrected chi connectivity index (χ4v) is 3.20. The van der Waals surface area contributed by atoms with Crippen molar-refractivity contribution < 1.29 is 18.3 Å². The third-order valence-electron chi connectivity index (χ3n) is 4.91. The van der Waals surface area contributed by atoms with Crippen LogP contribution in [0.25, 0.3) is 0 Å². The van der Waals surface area contributed by atoms with E-state index in [-0.39, 0.29) is 23.2 Å². The molecule has 1 saturated carbocycles. The Bertz CT molecular complexity index is 345. The van der Waals surface area contributed by atoms with E-state index in [1.165, 1.54) is 0 Å². The number of hydrogen-bond acceptors (Lipinski definition) is 1. The van der Waals surface area contributed by atoms with E-state index in [1.807, 2.05) is 41.5 Å². The molecule has 1 aliphatic carbocycles. The summed E-state index contributed by atoms with van der Waals surface area (Å²) in [6.07, 6.45) is -2.27. The molecule has 126 valence electrons. The minimum atomic E-state index is -4.54. The molecular formula is C17H31F3O. The molecule has 2 unspecified atom stereocenters. The Balaban J connectivity index is 3.02. The molecule has 0 aromatic heterocycles. The van der Waals surface area contributed by atoms with Crippen LogP contribution < -0.4 is 0 Å². The van der Waals surface area contributed by atoms with Crippen LogP contribution in [-0.2, 0) is 0 Å². The van der Waals surface area contributed by atoms with Crippen molar-refractivity contribution in [3.8, 4) is 0 Å². The standard InChI is InChI=1S/C17H31F3O/c1-14(2,3)10-13(15(4,5)6)11-16(21,17(18,19)20)12-8-7-9-12/h12-13,21H,7-11H2,1-6H3. The molecule has 1 aliphatic rings. The Morgan fingerprint density at radius 3 is 1.67 bits per heavy atom. The molecule has 0 aromatic rings. The molecule has 0 radical (unpaired) electrons. The highest BCUT2D eigenvalue weighted by molar-refractivity contribution is 4.99. The number of hydrogen-bond donors (Lipinski definition) is 1. The van der Waals surface area contributed by atoms with Crippen molar-refractivity contribution >= 4 is 0 Å². The van der Waals surface area contributed by atoms with E-state index in [0.717, 1.165) is 6.42 Å². The minimum Gasteiger partial charge on any atom is -0.380 e. The minimum absolute atomic E-state index is 0.0515. The van der Waals surface area contributed by atoms with Gasteiger partial charge >= 0.3 is 6.18 Å². The first-order chi connectivity index (χ1) is 9.17. The molecule has 0 saturated heterocycles. The van der Waals surface area contributed by atoms with Crippen molar-refractivity contribution in [3.05, 3.63) is 0 Å². The van der Waals surface area contributed by atoms with Crippen molar-refractivity contribution in [1.29, 1.82) is 0 Å². The first-order valence-corrected chi connectivity index (χ1v) is 7.96. The van der Waals surface area contributed by atoms with Crippen LogP contribution in [0, 0.1) is 22.7 Å². The Labute approximate surface area is 127 Å². The van der Waals surface area contributed by atoms with E-state index in [9.17, 15) is 18.3 Å². The third-order valence-corrected chi connectivity index (χ3v) is 4.91. The topological polar surface area (TPSA) is 20.2 Å². The highest BCUT2D eigenvalue weighted by Gasteiger charge is 2.60. The second kappa shape index (κ2) is 5.75. The Morgan fingerprint density at radius 2 is 1.43 bits per heavy atom.